The zero-order chi connectivity index (χ0) is 9.19. The van der Waals surface area contributed by atoms with Crippen LogP contribution in [0.1, 0.15) is 46.5 Å². The highest BCUT2D eigenvalue weighted by molar-refractivity contribution is 4.99. The maximum Gasteiger partial charge on any atom is -0.0203 e. The normalized spacial score (nSPS) is 29.6. The summed E-state index contributed by atoms with van der Waals surface area (Å²) in [4.78, 5) is 0. The molecule has 0 amide bonds. The van der Waals surface area contributed by atoms with Gasteiger partial charge in [0, 0.05) is 0 Å². The molecule has 1 rings (SSSR count). The van der Waals surface area contributed by atoms with Gasteiger partial charge in [-0.1, -0.05) is 39.7 Å². The van der Waals surface area contributed by atoms with Crippen LogP contribution in [0.3, 0.4) is 0 Å². The van der Waals surface area contributed by atoms with E-state index < -0.39 is 0 Å². The first kappa shape index (κ1) is 9.83. The van der Waals surface area contributed by atoms with E-state index in [1.54, 1.807) is 0 Å². The average Bonchev–Trinajstić information content (AvgIpc) is 2.03. The van der Waals surface area contributed by atoms with E-state index in [9.17, 15) is 0 Å². The minimum atomic E-state index is 0.580. The zero-order valence-corrected chi connectivity index (χ0v) is 8.77. The second-order valence-electron chi connectivity index (χ2n) is 4.44. The molecule has 0 saturated heterocycles. The van der Waals surface area contributed by atoms with Gasteiger partial charge in [0.15, 0.2) is 0 Å². The predicted octanol–water partition coefficient (Wildman–Crippen LogP) is 4.02. The molecule has 70 valence electrons. The summed E-state index contributed by atoms with van der Waals surface area (Å²) in [6.45, 7) is 11.0. The Morgan fingerprint density at radius 2 is 1.92 bits per heavy atom. The quantitative estimate of drug-likeness (QED) is 0.553. The average molecular weight is 166 g/mol. The Morgan fingerprint density at radius 3 is 2.17 bits per heavy atom. The predicted molar refractivity (Wildman–Crippen MR) is 55.1 cm³/mol. The summed E-state index contributed by atoms with van der Waals surface area (Å²) in [5.74, 6) is 1.74. The molecule has 0 N–H and O–H groups in total. The maximum absolute atomic E-state index is 3.92. The van der Waals surface area contributed by atoms with Crippen LogP contribution in [0.25, 0.3) is 0 Å². The number of hydrogen-bond acceptors (Lipinski definition) is 0. The first-order valence-corrected chi connectivity index (χ1v) is 5.30. The van der Waals surface area contributed by atoms with Gasteiger partial charge in [-0.3, -0.25) is 0 Å². The highest BCUT2D eigenvalue weighted by Gasteiger charge is 2.40. The number of rotatable bonds is 4. The third-order valence-corrected chi connectivity index (χ3v) is 4.14. The molecule has 0 aromatic heterocycles. The molecule has 0 heterocycles. The molecule has 2 atom stereocenters. The molecule has 0 heteroatoms. The van der Waals surface area contributed by atoms with Crippen LogP contribution in [0.15, 0.2) is 12.7 Å². The molecule has 0 nitrogen and oxygen atoms in total. The van der Waals surface area contributed by atoms with Gasteiger partial charge in [0.1, 0.15) is 0 Å². The standard InChI is InChI=1S/C12H22/c1-5-10-8-9-11(10)12(4,6-2)7-3/h5,10-11H,1,6-9H2,2-4H3. The highest BCUT2D eigenvalue weighted by Crippen LogP contribution is 2.50. The van der Waals surface area contributed by atoms with Crippen LogP contribution in [0.4, 0.5) is 0 Å². The number of allylic oxidation sites excluding steroid dienone is 1. The Kier molecular flexibility index (Phi) is 2.98. The molecule has 1 fully saturated rings. The molecule has 1 aliphatic rings. The van der Waals surface area contributed by atoms with E-state index in [1.165, 1.54) is 25.7 Å². The fourth-order valence-corrected chi connectivity index (χ4v) is 2.45. The van der Waals surface area contributed by atoms with Crippen molar-refractivity contribution >= 4 is 0 Å². The van der Waals surface area contributed by atoms with E-state index in [0.29, 0.717) is 5.41 Å². The first-order chi connectivity index (χ1) is 5.68. The Hall–Kier alpha value is -0.260. The van der Waals surface area contributed by atoms with Gasteiger partial charge in [0.05, 0.1) is 0 Å². The molecule has 12 heavy (non-hydrogen) atoms. The summed E-state index contributed by atoms with van der Waals surface area (Å²) >= 11 is 0. The summed E-state index contributed by atoms with van der Waals surface area (Å²) in [7, 11) is 0. The summed E-state index contributed by atoms with van der Waals surface area (Å²) in [6.07, 6.45) is 7.60. The van der Waals surface area contributed by atoms with Gasteiger partial charge >= 0.3 is 0 Å². The summed E-state index contributed by atoms with van der Waals surface area (Å²) < 4.78 is 0. The fourth-order valence-electron chi connectivity index (χ4n) is 2.45. The monoisotopic (exact) mass is 166 g/mol. The van der Waals surface area contributed by atoms with Crippen LogP contribution < -0.4 is 0 Å². The van der Waals surface area contributed by atoms with Crippen LogP contribution >= 0.6 is 0 Å². The van der Waals surface area contributed by atoms with Crippen molar-refractivity contribution in [2.24, 2.45) is 17.3 Å². The van der Waals surface area contributed by atoms with Crippen molar-refractivity contribution in [1.82, 2.24) is 0 Å². The van der Waals surface area contributed by atoms with E-state index in [0.717, 1.165) is 11.8 Å². The molecule has 0 radical (unpaired) electrons. The first-order valence-electron chi connectivity index (χ1n) is 5.30. The molecular formula is C12H22. The van der Waals surface area contributed by atoms with Crippen LogP contribution in [0.2, 0.25) is 0 Å². The van der Waals surface area contributed by atoms with E-state index in [4.69, 9.17) is 0 Å². The summed E-state index contributed by atoms with van der Waals surface area (Å²) in [5.41, 5.74) is 0.580. The van der Waals surface area contributed by atoms with Gasteiger partial charge in [0.2, 0.25) is 0 Å². The van der Waals surface area contributed by atoms with Crippen LogP contribution in [0, 0.1) is 17.3 Å². The Morgan fingerprint density at radius 1 is 1.33 bits per heavy atom. The van der Waals surface area contributed by atoms with E-state index >= 15 is 0 Å². The van der Waals surface area contributed by atoms with Crippen molar-refractivity contribution in [2.75, 3.05) is 0 Å². The molecule has 0 spiro atoms. The molecule has 2 unspecified atom stereocenters. The van der Waals surface area contributed by atoms with Crippen LogP contribution in [-0.2, 0) is 0 Å². The third kappa shape index (κ3) is 1.44. The van der Waals surface area contributed by atoms with Gasteiger partial charge < -0.3 is 0 Å². The maximum atomic E-state index is 3.92. The minimum Gasteiger partial charge on any atom is -0.103 e. The van der Waals surface area contributed by atoms with E-state index in [-0.39, 0.29) is 0 Å². The van der Waals surface area contributed by atoms with Gasteiger partial charge in [0.25, 0.3) is 0 Å². The van der Waals surface area contributed by atoms with Crippen molar-refractivity contribution in [1.29, 1.82) is 0 Å². The van der Waals surface area contributed by atoms with Crippen molar-refractivity contribution in [3.8, 4) is 0 Å². The molecule has 0 bridgehead atoms. The Labute approximate surface area is 77.1 Å². The van der Waals surface area contributed by atoms with Gasteiger partial charge in [-0.15, -0.1) is 6.58 Å². The lowest BCUT2D eigenvalue weighted by atomic mass is 9.58. The van der Waals surface area contributed by atoms with Gasteiger partial charge in [-0.2, -0.15) is 0 Å². The topological polar surface area (TPSA) is 0 Å². The minimum absolute atomic E-state index is 0.580. The molecule has 0 aliphatic heterocycles. The van der Waals surface area contributed by atoms with Crippen molar-refractivity contribution < 1.29 is 0 Å². The smallest absolute Gasteiger partial charge is 0.0203 e. The molecule has 1 saturated carbocycles. The summed E-state index contributed by atoms with van der Waals surface area (Å²) in [6, 6.07) is 0. The second kappa shape index (κ2) is 3.64. The highest BCUT2D eigenvalue weighted by atomic mass is 14.5. The molecule has 0 aromatic carbocycles. The number of hydrogen-bond donors (Lipinski definition) is 0. The largest absolute Gasteiger partial charge is 0.103 e. The zero-order valence-electron chi connectivity index (χ0n) is 8.77. The lowest BCUT2D eigenvalue weighted by Crippen LogP contribution is -2.38. The van der Waals surface area contributed by atoms with E-state index in [1.807, 2.05) is 0 Å². The summed E-state index contributed by atoms with van der Waals surface area (Å²) in [5, 5.41) is 0. The fraction of sp³-hybridized carbons (Fsp3) is 0.833. The van der Waals surface area contributed by atoms with Crippen molar-refractivity contribution in [2.45, 2.75) is 46.5 Å². The molecular weight excluding hydrogens is 144 g/mol. The Bertz CT molecular complexity index is 153. The van der Waals surface area contributed by atoms with Crippen LogP contribution in [-0.4, -0.2) is 0 Å². The van der Waals surface area contributed by atoms with Crippen molar-refractivity contribution in [3.63, 3.8) is 0 Å². The lowest BCUT2D eigenvalue weighted by Gasteiger charge is -2.47. The van der Waals surface area contributed by atoms with Crippen molar-refractivity contribution in [3.05, 3.63) is 12.7 Å². The van der Waals surface area contributed by atoms with Gasteiger partial charge in [-0.05, 0) is 30.1 Å². The lowest BCUT2D eigenvalue weighted by molar-refractivity contribution is 0.0486. The van der Waals surface area contributed by atoms with E-state index in [2.05, 4.69) is 33.4 Å². The second-order valence-corrected chi connectivity index (χ2v) is 4.44. The van der Waals surface area contributed by atoms with Gasteiger partial charge in [-0.25, -0.2) is 0 Å². The molecule has 0 aromatic rings. The molecule has 1 aliphatic carbocycles. The Balaban J connectivity index is 2.60. The SMILES string of the molecule is C=CC1CCC1C(C)(CC)CC. The van der Waals surface area contributed by atoms with Crippen LogP contribution in [0.5, 0.6) is 0 Å². The third-order valence-electron chi connectivity index (χ3n) is 4.14.